The van der Waals surface area contributed by atoms with E-state index >= 15 is 0 Å². The predicted octanol–water partition coefficient (Wildman–Crippen LogP) is 7.15. The third-order valence-electron chi connectivity index (χ3n) is 4.13. The Hall–Kier alpha value is -2.11. The number of benzene rings is 1. The van der Waals surface area contributed by atoms with Crippen molar-refractivity contribution in [2.45, 2.75) is 40.2 Å². The maximum absolute atomic E-state index is 12.4. The monoisotopic (exact) mass is 458 g/mol. The predicted molar refractivity (Wildman–Crippen MR) is 118 cm³/mol. The molecule has 5 heteroatoms. The maximum atomic E-state index is 12.4. The van der Waals surface area contributed by atoms with Crippen molar-refractivity contribution in [2.24, 2.45) is 0 Å². The number of ketones is 1. The minimum absolute atomic E-state index is 0.0162. The topological polar surface area (TPSA) is 39.4 Å². The van der Waals surface area contributed by atoms with E-state index in [0.717, 1.165) is 33.7 Å². The number of carbonyl (C=O) groups is 1. The first-order valence-corrected chi connectivity index (χ1v) is 10.9. The molecule has 0 spiro atoms. The molecule has 146 valence electrons. The number of halogens is 1. The van der Waals surface area contributed by atoms with E-state index in [2.05, 4.69) is 28.9 Å². The van der Waals surface area contributed by atoms with Crippen LogP contribution in [0.5, 0.6) is 5.75 Å². The molecule has 3 aromatic rings. The number of hydrogen-bond acceptors (Lipinski definition) is 4. The number of thiophene rings is 1. The van der Waals surface area contributed by atoms with Crippen LogP contribution in [0.2, 0.25) is 0 Å². The van der Waals surface area contributed by atoms with E-state index < -0.39 is 0 Å². The summed E-state index contributed by atoms with van der Waals surface area (Å²) in [5.41, 5.74) is 2.33. The lowest BCUT2D eigenvalue weighted by molar-refractivity contribution is 0.105. The minimum atomic E-state index is -0.0162. The van der Waals surface area contributed by atoms with Crippen molar-refractivity contribution in [3.63, 3.8) is 0 Å². The zero-order valence-electron chi connectivity index (χ0n) is 16.3. The highest BCUT2D eigenvalue weighted by Gasteiger charge is 2.11. The number of rotatable bonds is 8. The van der Waals surface area contributed by atoms with Gasteiger partial charge in [0.1, 0.15) is 23.9 Å². The molecule has 0 saturated carbocycles. The molecule has 0 saturated heterocycles. The van der Waals surface area contributed by atoms with E-state index in [1.54, 1.807) is 23.5 Å². The van der Waals surface area contributed by atoms with Crippen LogP contribution < -0.4 is 4.74 Å². The van der Waals surface area contributed by atoms with Crippen LogP contribution in [0.15, 0.2) is 51.4 Å². The van der Waals surface area contributed by atoms with Crippen LogP contribution in [0.25, 0.3) is 6.08 Å². The molecule has 1 aromatic carbocycles. The van der Waals surface area contributed by atoms with E-state index in [-0.39, 0.29) is 5.78 Å². The van der Waals surface area contributed by atoms with Crippen LogP contribution in [0.3, 0.4) is 0 Å². The number of ether oxygens (including phenoxy) is 1. The van der Waals surface area contributed by atoms with Crippen molar-refractivity contribution in [3.05, 3.63) is 79.3 Å². The van der Waals surface area contributed by atoms with Crippen molar-refractivity contribution < 1.29 is 13.9 Å². The molecule has 3 nitrogen and oxygen atoms in total. The van der Waals surface area contributed by atoms with Gasteiger partial charge in [-0.3, -0.25) is 4.79 Å². The summed E-state index contributed by atoms with van der Waals surface area (Å²) in [5, 5.41) is 0. The molecule has 28 heavy (non-hydrogen) atoms. The summed E-state index contributed by atoms with van der Waals surface area (Å²) in [7, 11) is 0. The summed E-state index contributed by atoms with van der Waals surface area (Å²) in [5.74, 6) is 2.16. The molecule has 0 atom stereocenters. The highest BCUT2D eigenvalue weighted by atomic mass is 79.9. The quantitative estimate of drug-likeness (QED) is 0.265. The Balaban J connectivity index is 1.60. The molecule has 0 aliphatic carbocycles. The van der Waals surface area contributed by atoms with Crippen LogP contribution >= 0.6 is 27.3 Å². The Morgan fingerprint density at radius 1 is 1.18 bits per heavy atom. The van der Waals surface area contributed by atoms with Gasteiger partial charge in [-0.05, 0) is 89.8 Å². The van der Waals surface area contributed by atoms with Gasteiger partial charge in [-0.2, -0.15) is 0 Å². The lowest BCUT2D eigenvalue weighted by Crippen LogP contribution is -1.94. The summed E-state index contributed by atoms with van der Waals surface area (Å²) in [4.78, 5) is 14.3. The lowest BCUT2D eigenvalue weighted by atomic mass is 10.1. The number of furan rings is 1. The third-order valence-corrected chi connectivity index (χ3v) is 6.31. The highest BCUT2D eigenvalue weighted by molar-refractivity contribution is 9.10. The molecule has 0 fully saturated rings. The van der Waals surface area contributed by atoms with Crippen molar-refractivity contribution in [2.75, 3.05) is 0 Å². The Labute approximate surface area is 178 Å². The van der Waals surface area contributed by atoms with E-state index in [1.807, 2.05) is 44.2 Å². The van der Waals surface area contributed by atoms with E-state index in [4.69, 9.17) is 9.15 Å². The molecular formula is C23H23BrO3S. The molecule has 3 rings (SSSR count). The average Bonchev–Trinajstić information content (AvgIpc) is 3.24. The van der Waals surface area contributed by atoms with Gasteiger partial charge in [0.25, 0.3) is 0 Å². The molecule has 0 bridgehead atoms. The number of allylic oxidation sites excluding steroid dienone is 1. The Morgan fingerprint density at radius 3 is 2.64 bits per heavy atom. The summed E-state index contributed by atoms with van der Waals surface area (Å²) >= 11 is 5.08. The van der Waals surface area contributed by atoms with Crippen molar-refractivity contribution in [1.82, 2.24) is 0 Å². The van der Waals surface area contributed by atoms with Gasteiger partial charge in [0.2, 0.25) is 0 Å². The van der Waals surface area contributed by atoms with Crippen LogP contribution in [-0.2, 0) is 13.0 Å². The summed E-state index contributed by atoms with van der Waals surface area (Å²) < 4.78 is 12.6. The molecule has 0 unspecified atom stereocenters. The third kappa shape index (κ3) is 5.46. The van der Waals surface area contributed by atoms with Crippen molar-refractivity contribution >= 4 is 39.1 Å². The molecule has 0 radical (unpaired) electrons. The number of aryl methyl sites for hydroxylation is 3. The molecule has 2 aromatic heterocycles. The summed E-state index contributed by atoms with van der Waals surface area (Å²) in [6, 6.07) is 11.7. The second-order valence-electron chi connectivity index (χ2n) is 6.75. The standard InChI is InChI=1S/C23H23BrO3S/c1-4-5-22-20(24)13-23(28-22)21(25)9-8-17-6-7-18(27-17)14-26-19-11-15(2)10-16(3)12-19/h6-13H,4-5,14H2,1-3H3/b9-8+. The minimum Gasteiger partial charge on any atom is -0.486 e. The normalized spacial score (nSPS) is 11.3. The Morgan fingerprint density at radius 2 is 1.93 bits per heavy atom. The fraction of sp³-hybridized carbons (Fsp3) is 0.261. The Bertz CT molecular complexity index is 977. The largest absolute Gasteiger partial charge is 0.486 e. The fourth-order valence-electron chi connectivity index (χ4n) is 2.90. The van der Waals surface area contributed by atoms with Gasteiger partial charge in [-0.1, -0.05) is 19.4 Å². The Kier molecular flexibility index (Phi) is 6.92. The molecule has 0 aliphatic rings. The first-order chi connectivity index (χ1) is 13.4. The zero-order valence-corrected chi connectivity index (χ0v) is 18.7. The van der Waals surface area contributed by atoms with Gasteiger partial charge in [0.05, 0.1) is 4.88 Å². The zero-order chi connectivity index (χ0) is 20.1. The average molecular weight is 459 g/mol. The first kappa shape index (κ1) is 20.6. The highest BCUT2D eigenvalue weighted by Crippen LogP contribution is 2.29. The first-order valence-electron chi connectivity index (χ1n) is 9.25. The van der Waals surface area contributed by atoms with Gasteiger partial charge in [-0.25, -0.2) is 0 Å². The molecular weight excluding hydrogens is 436 g/mol. The van der Waals surface area contributed by atoms with E-state index in [0.29, 0.717) is 12.4 Å². The lowest BCUT2D eigenvalue weighted by Gasteiger charge is -2.06. The van der Waals surface area contributed by atoms with Gasteiger partial charge < -0.3 is 9.15 Å². The van der Waals surface area contributed by atoms with E-state index in [9.17, 15) is 4.79 Å². The summed E-state index contributed by atoms with van der Waals surface area (Å²) in [6.07, 6.45) is 5.29. The second-order valence-corrected chi connectivity index (χ2v) is 8.74. The second kappa shape index (κ2) is 9.39. The van der Waals surface area contributed by atoms with E-state index in [1.165, 1.54) is 16.0 Å². The molecule has 0 amide bonds. The van der Waals surface area contributed by atoms with Gasteiger partial charge >= 0.3 is 0 Å². The van der Waals surface area contributed by atoms with Gasteiger partial charge in [-0.15, -0.1) is 11.3 Å². The molecule has 0 aliphatic heterocycles. The number of carbonyl (C=O) groups excluding carboxylic acids is 1. The van der Waals surface area contributed by atoms with Gasteiger partial charge in [0, 0.05) is 9.35 Å². The van der Waals surface area contributed by atoms with Gasteiger partial charge in [0.15, 0.2) is 5.78 Å². The van der Waals surface area contributed by atoms with Crippen LogP contribution in [0, 0.1) is 13.8 Å². The van der Waals surface area contributed by atoms with Crippen molar-refractivity contribution in [3.8, 4) is 5.75 Å². The van der Waals surface area contributed by atoms with Crippen molar-refractivity contribution in [1.29, 1.82) is 0 Å². The SMILES string of the molecule is CCCc1sc(C(=O)/C=C/c2ccc(COc3cc(C)cc(C)c3)o2)cc1Br. The molecule has 0 N–H and O–H groups in total. The van der Waals surface area contributed by atoms with Crippen LogP contribution in [0.4, 0.5) is 0 Å². The maximum Gasteiger partial charge on any atom is 0.195 e. The van der Waals surface area contributed by atoms with Crippen LogP contribution in [-0.4, -0.2) is 5.78 Å². The van der Waals surface area contributed by atoms with Crippen LogP contribution in [0.1, 0.15) is 50.5 Å². The summed E-state index contributed by atoms with van der Waals surface area (Å²) in [6.45, 7) is 6.57. The number of hydrogen-bond donors (Lipinski definition) is 0. The molecule has 2 heterocycles. The fourth-order valence-corrected chi connectivity index (χ4v) is 4.79. The smallest absolute Gasteiger partial charge is 0.195 e.